The average Bonchev–Trinajstić information content (AvgIpc) is 2.48. The van der Waals surface area contributed by atoms with Crippen molar-refractivity contribution in [3.05, 3.63) is 29.8 Å². The SMILES string of the molecule is CCCC1CNC(C(C)CC)CN1Cc1cncc(F)c1. The second-order valence-corrected chi connectivity index (χ2v) is 6.28. The molecule has 1 aliphatic rings. The van der Waals surface area contributed by atoms with Crippen LogP contribution in [-0.2, 0) is 6.54 Å². The van der Waals surface area contributed by atoms with Gasteiger partial charge in [0, 0.05) is 37.9 Å². The van der Waals surface area contributed by atoms with Crippen molar-refractivity contribution in [3.63, 3.8) is 0 Å². The summed E-state index contributed by atoms with van der Waals surface area (Å²) < 4.78 is 13.3. The summed E-state index contributed by atoms with van der Waals surface area (Å²) >= 11 is 0. The van der Waals surface area contributed by atoms with Gasteiger partial charge < -0.3 is 5.32 Å². The van der Waals surface area contributed by atoms with Gasteiger partial charge in [-0.2, -0.15) is 0 Å². The Labute approximate surface area is 127 Å². The number of aromatic nitrogens is 1. The van der Waals surface area contributed by atoms with Crippen LogP contribution < -0.4 is 5.32 Å². The molecule has 0 aromatic carbocycles. The van der Waals surface area contributed by atoms with Crippen LogP contribution >= 0.6 is 0 Å². The van der Waals surface area contributed by atoms with Gasteiger partial charge in [-0.05, 0) is 24.0 Å². The number of hydrogen-bond acceptors (Lipinski definition) is 3. The molecule has 2 rings (SSSR count). The second kappa shape index (κ2) is 7.85. The van der Waals surface area contributed by atoms with Crippen molar-refractivity contribution in [3.8, 4) is 0 Å². The fourth-order valence-corrected chi connectivity index (χ4v) is 3.14. The van der Waals surface area contributed by atoms with Gasteiger partial charge >= 0.3 is 0 Å². The number of halogens is 1. The molecule has 1 saturated heterocycles. The van der Waals surface area contributed by atoms with Crippen LogP contribution in [-0.4, -0.2) is 35.1 Å². The Bertz CT molecular complexity index is 438. The van der Waals surface area contributed by atoms with Gasteiger partial charge in [0.1, 0.15) is 5.82 Å². The maximum absolute atomic E-state index is 13.3. The van der Waals surface area contributed by atoms with Crippen LogP contribution in [0.25, 0.3) is 0 Å². The molecule has 3 unspecified atom stereocenters. The summed E-state index contributed by atoms with van der Waals surface area (Å²) in [5.74, 6) is 0.425. The quantitative estimate of drug-likeness (QED) is 0.873. The number of piperazine rings is 1. The van der Waals surface area contributed by atoms with E-state index in [0.29, 0.717) is 18.0 Å². The topological polar surface area (TPSA) is 28.2 Å². The Morgan fingerprint density at radius 1 is 1.43 bits per heavy atom. The molecule has 0 radical (unpaired) electrons. The van der Waals surface area contributed by atoms with Crippen molar-refractivity contribution >= 4 is 0 Å². The monoisotopic (exact) mass is 293 g/mol. The first-order chi connectivity index (χ1) is 10.1. The highest BCUT2D eigenvalue weighted by Crippen LogP contribution is 2.20. The average molecular weight is 293 g/mol. The Morgan fingerprint density at radius 3 is 2.90 bits per heavy atom. The summed E-state index contributed by atoms with van der Waals surface area (Å²) in [4.78, 5) is 6.48. The van der Waals surface area contributed by atoms with E-state index in [1.165, 1.54) is 25.5 Å². The molecule has 21 heavy (non-hydrogen) atoms. The van der Waals surface area contributed by atoms with Crippen LogP contribution in [0.4, 0.5) is 4.39 Å². The maximum Gasteiger partial charge on any atom is 0.141 e. The van der Waals surface area contributed by atoms with Crippen molar-refractivity contribution in [2.75, 3.05) is 13.1 Å². The van der Waals surface area contributed by atoms with Crippen LogP contribution in [0, 0.1) is 11.7 Å². The van der Waals surface area contributed by atoms with Gasteiger partial charge in [0.2, 0.25) is 0 Å². The predicted octanol–water partition coefficient (Wildman–Crippen LogP) is 3.21. The van der Waals surface area contributed by atoms with E-state index in [0.717, 1.165) is 25.2 Å². The van der Waals surface area contributed by atoms with E-state index in [4.69, 9.17) is 0 Å². The Morgan fingerprint density at radius 2 is 2.24 bits per heavy atom. The second-order valence-electron chi connectivity index (χ2n) is 6.28. The standard InChI is InChI=1S/C17H28FN3/c1-4-6-16-10-20-17(13(3)5-2)12-21(16)11-14-7-15(18)9-19-8-14/h7-9,13,16-17,20H,4-6,10-12H2,1-3H3. The van der Waals surface area contributed by atoms with Gasteiger partial charge in [-0.15, -0.1) is 0 Å². The zero-order valence-corrected chi connectivity index (χ0v) is 13.5. The molecule has 1 N–H and O–H groups in total. The number of nitrogens with one attached hydrogen (secondary N) is 1. The molecule has 1 aromatic heterocycles. The first-order valence-electron chi connectivity index (χ1n) is 8.20. The molecule has 1 fully saturated rings. The van der Waals surface area contributed by atoms with Crippen LogP contribution in [0.3, 0.4) is 0 Å². The summed E-state index contributed by atoms with van der Waals surface area (Å²) in [5.41, 5.74) is 0.973. The largest absolute Gasteiger partial charge is 0.311 e. The third kappa shape index (κ3) is 4.48. The molecule has 0 aliphatic carbocycles. The normalized spacial score (nSPS) is 25.0. The first-order valence-corrected chi connectivity index (χ1v) is 8.20. The van der Waals surface area contributed by atoms with Gasteiger partial charge in [0.15, 0.2) is 0 Å². The summed E-state index contributed by atoms with van der Waals surface area (Å²) in [6, 6.07) is 2.68. The lowest BCUT2D eigenvalue weighted by Gasteiger charge is -2.42. The number of rotatable bonds is 6. The molecule has 0 bridgehead atoms. The van der Waals surface area contributed by atoms with Gasteiger partial charge in [-0.3, -0.25) is 9.88 Å². The molecule has 0 spiro atoms. The van der Waals surface area contributed by atoms with Crippen LogP contribution in [0.1, 0.15) is 45.6 Å². The third-order valence-electron chi connectivity index (χ3n) is 4.66. The van der Waals surface area contributed by atoms with Gasteiger partial charge in [-0.1, -0.05) is 33.6 Å². The number of pyridine rings is 1. The molecule has 0 saturated carbocycles. The zero-order valence-electron chi connectivity index (χ0n) is 13.5. The Balaban J connectivity index is 2.06. The molecule has 118 valence electrons. The summed E-state index contributed by atoms with van der Waals surface area (Å²) in [5, 5.41) is 3.70. The predicted molar refractivity (Wildman–Crippen MR) is 84.5 cm³/mol. The summed E-state index contributed by atoms with van der Waals surface area (Å²) in [6.45, 7) is 9.64. The molecular formula is C17H28FN3. The molecular weight excluding hydrogens is 265 g/mol. The van der Waals surface area contributed by atoms with Gasteiger partial charge in [0.25, 0.3) is 0 Å². The third-order valence-corrected chi connectivity index (χ3v) is 4.66. The van der Waals surface area contributed by atoms with E-state index in [1.807, 2.05) is 0 Å². The number of hydrogen-bond donors (Lipinski definition) is 1. The van der Waals surface area contributed by atoms with E-state index in [1.54, 1.807) is 12.3 Å². The first kappa shape index (κ1) is 16.4. The minimum atomic E-state index is -0.242. The Kier molecular flexibility index (Phi) is 6.12. The molecule has 0 amide bonds. The van der Waals surface area contributed by atoms with Gasteiger partial charge in [0.05, 0.1) is 6.20 Å². The lowest BCUT2D eigenvalue weighted by atomic mass is 9.94. The minimum absolute atomic E-state index is 0.242. The molecule has 3 nitrogen and oxygen atoms in total. The van der Waals surface area contributed by atoms with E-state index in [9.17, 15) is 4.39 Å². The fraction of sp³-hybridized carbons (Fsp3) is 0.706. The van der Waals surface area contributed by atoms with Crippen LogP contribution in [0.2, 0.25) is 0 Å². The molecule has 4 heteroatoms. The van der Waals surface area contributed by atoms with Crippen molar-refractivity contribution in [2.24, 2.45) is 5.92 Å². The van der Waals surface area contributed by atoms with Crippen molar-refractivity contribution in [1.29, 1.82) is 0 Å². The molecule has 2 heterocycles. The highest BCUT2D eigenvalue weighted by Gasteiger charge is 2.29. The lowest BCUT2D eigenvalue weighted by Crippen LogP contribution is -2.57. The van der Waals surface area contributed by atoms with E-state index >= 15 is 0 Å². The van der Waals surface area contributed by atoms with Crippen molar-refractivity contribution < 1.29 is 4.39 Å². The smallest absolute Gasteiger partial charge is 0.141 e. The number of nitrogens with zero attached hydrogens (tertiary/aromatic N) is 2. The van der Waals surface area contributed by atoms with Crippen molar-refractivity contribution in [2.45, 2.75) is 58.7 Å². The van der Waals surface area contributed by atoms with E-state index in [2.05, 4.69) is 36.0 Å². The maximum atomic E-state index is 13.3. The van der Waals surface area contributed by atoms with Crippen LogP contribution in [0.15, 0.2) is 18.5 Å². The molecule has 1 aliphatic heterocycles. The van der Waals surface area contributed by atoms with E-state index in [-0.39, 0.29) is 5.82 Å². The molecule has 3 atom stereocenters. The zero-order chi connectivity index (χ0) is 15.2. The van der Waals surface area contributed by atoms with Gasteiger partial charge in [-0.25, -0.2) is 4.39 Å². The molecule has 1 aromatic rings. The fourth-order valence-electron chi connectivity index (χ4n) is 3.14. The minimum Gasteiger partial charge on any atom is -0.311 e. The van der Waals surface area contributed by atoms with Crippen molar-refractivity contribution in [1.82, 2.24) is 15.2 Å². The summed E-state index contributed by atoms with van der Waals surface area (Å²) in [6.07, 6.45) is 6.60. The van der Waals surface area contributed by atoms with E-state index < -0.39 is 0 Å². The van der Waals surface area contributed by atoms with Crippen LogP contribution in [0.5, 0.6) is 0 Å². The summed E-state index contributed by atoms with van der Waals surface area (Å²) in [7, 11) is 0. The highest BCUT2D eigenvalue weighted by atomic mass is 19.1. The lowest BCUT2D eigenvalue weighted by molar-refractivity contribution is 0.0958. The Hall–Kier alpha value is -1.00. The highest BCUT2D eigenvalue weighted by molar-refractivity contribution is 5.10.